The number of hydrogen-bond donors (Lipinski definition) is 1. The first-order chi connectivity index (χ1) is 10.7. The van der Waals surface area contributed by atoms with Crippen LogP contribution in [0.5, 0.6) is 0 Å². The molecule has 1 unspecified atom stereocenters. The number of likely N-dealkylation sites (tertiary alicyclic amines) is 2. The Kier molecular flexibility index (Phi) is 5.37. The highest BCUT2D eigenvalue weighted by Crippen LogP contribution is 2.33. The van der Waals surface area contributed by atoms with Crippen LogP contribution in [0.4, 0.5) is 0 Å². The van der Waals surface area contributed by atoms with Gasteiger partial charge in [0.1, 0.15) is 0 Å². The molecule has 3 aliphatic heterocycles. The van der Waals surface area contributed by atoms with Crippen LogP contribution in [-0.2, 0) is 9.53 Å². The summed E-state index contributed by atoms with van der Waals surface area (Å²) in [5, 5.41) is 0. The summed E-state index contributed by atoms with van der Waals surface area (Å²) in [5.41, 5.74) is 5.65. The molecule has 0 aromatic carbocycles. The molecular formula is C17H31N3O2. The molecule has 5 heteroatoms. The highest BCUT2D eigenvalue weighted by molar-refractivity contribution is 5.83. The normalized spacial score (nSPS) is 30.2. The molecular weight excluding hydrogens is 278 g/mol. The Bertz CT molecular complexity index is 376. The lowest BCUT2D eigenvalue weighted by Crippen LogP contribution is -2.51. The molecule has 0 bridgehead atoms. The summed E-state index contributed by atoms with van der Waals surface area (Å²) in [4.78, 5) is 17.8. The van der Waals surface area contributed by atoms with Gasteiger partial charge in [0, 0.05) is 38.9 Å². The Balaban J connectivity index is 1.60. The topological polar surface area (TPSA) is 58.8 Å². The van der Waals surface area contributed by atoms with E-state index in [1.165, 1.54) is 32.4 Å². The van der Waals surface area contributed by atoms with Crippen molar-refractivity contribution >= 4 is 5.91 Å². The number of nitrogens with zero attached hydrogens (tertiary/aromatic N) is 2. The first-order valence-corrected chi connectivity index (χ1v) is 9.06. The number of carbonyl (C=O) groups is 1. The zero-order valence-electron chi connectivity index (χ0n) is 13.8. The van der Waals surface area contributed by atoms with Crippen molar-refractivity contribution in [3.8, 4) is 0 Å². The summed E-state index contributed by atoms with van der Waals surface area (Å²) < 4.78 is 5.44. The van der Waals surface area contributed by atoms with Crippen molar-refractivity contribution < 1.29 is 9.53 Å². The highest BCUT2D eigenvalue weighted by Gasteiger charge is 2.42. The van der Waals surface area contributed by atoms with Gasteiger partial charge in [-0.3, -0.25) is 4.79 Å². The molecule has 1 amide bonds. The molecule has 3 heterocycles. The van der Waals surface area contributed by atoms with Crippen molar-refractivity contribution in [2.24, 2.45) is 11.1 Å². The van der Waals surface area contributed by atoms with Gasteiger partial charge in [0.15, 0.2) is 0 Å². The van der Waals surface area contributed by atoms with E-state index in [2.05, 4.69) is 9.80 Å². The van der Waals surface area contributed by atoms with Crippen LogP contribution in [0, 0.1) is 5.41 Å². The fraction of sp³-hybridized carbons (Fsp3) is 0.941. The fourth-order valence-electron chi connectivity index (χ4n) is 4.36. The number of nitrogens with two attached hydrogens (primary N) is 1. The Morgan fingerprint density at radius 3 is 2.45 bits per heavy atom. The van der Waals surface area contributed by atoms with Crippen LogP contribution >= 0.6 is 0 Å². The van der Waals surface area contributed by atoms with Crippen molar-refractivity contribution in [3.63, 3.8) is 0 Å². The summed E-state index contributed by atoms with van der Waals surface area (Å²) in [6.07, 6.45) is 7.75. The van der Waals surface area contributed by atoms with Gasteiger partial charge in [-0.2, -0.15) is 0 Å². The second-order valence-corrected chi connectivity index (χ2v) is 7.22. The fourth-order valence-corrected chi connectivity index (χ4v) is 4.36. The number of carbonyl (C=O) groups excluding carboxylic acids is 1. The lowest BCUT2D eigenvalue weighted by atomic mass is 9.79. The molecule has 0 saturated carbocycles. The molecule has 126 valence electrons. The van der Waals surface area contributed by atoms with Crippen molar-refractivity contribution in [2.75, 3.05) is 45.9 Å². The van der Waals surface area contributed by atoms with E-state index in [4.69, 9.17) is 10.5 Å². The minimum atomic E-state index is -0.355. The maximum atomic E-state index is 13.1. The largest absolute Gasteiger partial charge is 0.381 e. The molecule has 3 aliphatic rings. The van der Waals surface area contributed by atoms with Gasteiger partial charge in [-0.1, -0.05) is 0 Å². The highest BCUT2D eigenvalue weighted by atomic mass is 16.5. The summed E-state index contributed by atoms with van der Waals surface area (Å²) in [5.74, 6) is 0.292. The van der Waals surface area contributed by atoms with E-state index < -0.39 is 0 Å². The summed E-state index contributed by atoms with van der Waals surface area (Å²) in [6.45, 7) is 6.13. The molecule has 0 aromatic heterocycles. The molecule has 0 aromatic rings. The van der Waals surface area contributed by atoms with E-state index in [0.717, 1.165) is 38.8 Å². The molecule has 0 spiro atoms. The lowest BCUT2D eigenvalue weighted by Gasteiger charge is -2.38. The van der Waals surface area contributed by atoms with Crippen LogP contribution < -0.4 is 5.73 Å². The Morgan fingerprint density at radius 1 is 1.05 bits per heavy atom. The molecule has 0 radical (unpaired) electrons. The van der Waals surface area contributed by atoms with Gasteiger partial charge in [0.05, 0.1) is 5.41 Å². The van der Waals surface area contributed by atoms with E-state index >= 15 is 0 Å². The van der Waals surface area contributed by atoms with E-state index in [1.54, 1.807) is 0 Å². The van der Waals surface area contributed by atoms with Crippen LogP contribution in [0.1, 0.15) is 44.9 Å². The van der Waals surface area contributed by atoms with E-state index in [1.807, 2.05) is 0 Å². The second-order valence-electron chi connectivity index (χ2n) is 7.22. The van der Waals surface area contributed by atoms with Gasteiger partial charge >= 0.3 is 0 Å². The van der Waals surface area contributed by atoms with Gasteiger partial charge in [0.2, 0.25) is 5.91 Å². The van der Waals surface area contributed by atoms with Gasteiger partial charge in [-0.05, 0) is 58.0 Å². The third-order valence-corrected chi connectivity index (χ3v) is 5.94. The van der Waals surface area contributed by atoms with Crippen LogP contribution in [0.15, 0.2) is 0 Å². The van der Waals surface area contributed by atoms with Gasteiger partial charge in [-0.25, -0.2) is 0 Å². The Morgan fingerprint density at radius 2 is 1.77 bits per heavy atom. The minimum Gasteiger partial charge on any atom is -0.381 e. The van der Waals surface area contributed by atoms with Gasteiger partial charge in [-0.15, -0.1) is 0 Å². The quantitative estimate of drug-likeness (QED) is 0.851. The molecule has 3 fully saturated rings. The third kappa shape index (κ3) is 3.31. The summed E-state index contributed by atoms with van der Waals surface area (Å²) >= 11 is 0. The van der Waals surface area contributed by atoms with E-state index in [-0.39, 0.29) is 5.41 Å². The van der Waals surface area contributed by atoms with E-state index in [9.17, 15) is 4.79 Å². The second kappa shape index (κ2) is 7.28. The number of rotatable bonds is 3. The SMILES string of the molecule is NCC1(C(=O)N2CCCC(N3CCCC3)CC2)CCOCC1. The lowest BCUT2D eigenvalue weighted by molar-refractivity contribution is -0.147. The smallest absolute Gasteiger partial charge is 0.230 e. The first-order valence-electron chi connectivity index (χ1n) is 9.06. The molecule has 2 N–H and O–H groups in total. The van der Waals surface area contributed by atoms with Crippen molar-refractivity contribution in [3.05, 3.63) is 0 Å². The summed E-state index contributed by atoms with van der Waals surface area (Å²) in [7, 11) is 0. The standard InChI is InChI=1S/C17H31N3O2/c18-14-17(6-12-22-13-7-17)16(21)20-10-3-4-15(5-11-20)19-8-1-2-9-19/h15H,1-14,18H2. The Labute approximate surface area is 134 Å². The van der Waals surface area contributed by atoms with E-state index in [0.29, 0.717) is 31.7 Å². The number of amides is 1. The minimum absolute atomic E-state index is 0.292. The van der Waals surface area contributed by atoms with Crippen molar-refractivity contribution in [1.29, 1.82) is 0 Å². The molecule has 22 heavy (non-hydrogen) atoms. The maximum Gasteiger partial charge on any atom is 0.230 e. The zero-order chi connectivity index (χ0) is 15.4. The Hall–Kier alpha value is -0.650. The molecule has 3 rings (SSSR count). The number of hydrogen-bond acceptors (Lipinski definition) is 4. The van der Waals surface area contributed by atoms with Crippen molar-refractivity contribution in [1.82, 2.24) is 9.80 Å². The van der Waals surface area contributed by atoms with Crippen molar-refractivity contribution in [2.45, 2.75) is 51.0 Å². The monoisotopic (exact) mass is 309 g/mol. The van der Waals surface area contributed by atoms with Crippen LogP contribution in [0.25, 0.3) is 0 Å². The first kappa shape index (κ1) is 16.2. The van der Waals surface area contributed by atoms with Crippen LogP contribution in [0.2, 0.25) is 0 Å². The van der Waals surface area contributed by atoms with Gasteiger partial charge < -0.3 is 20.3 Å². The summed E-state index contributed by atoms with van der Waals surface area (Å²) in [6, 6.07) is 0.684. The third-order valence-electron chi connectivity index (χ3n) is 5.94. The predicted molar refractivity (Wildman–Crippen MR) is 86.6 cm³/mol. The molecule has 5 nitrogen and oxygen atoms in total. The zero-order valence-corrected chi connectivity index (χ0v) is 13.8. The molecule has 0 aliphatic carbocycles. The maximum absolute atomic E-state index is 13.1. The van der Waals surface area contributed by atoms with Crippen LogP contribution in [0.3, 0.4) is 0 Å². The average molecular weight is 309 g/mol. The molecule has 3 saturated heterocycles. The predicted octanol–water partition coefficient (Wildman–Crippen LogP) is 1.22. The van der Waals surface area contributed by atoms with Gasteiger partial charge in [0.25, 0.3) is 0 Å². The molecule has 1 atom stereocenters. The number of ether oxygens (including phenoxy) is 1. The average Bonchev–Trinajstić information content (AvgIpc) is 2.99. The van der Waals surface area contributed by atoms with Crippen LogP contribution in [-0.4, -0.2) is 67.7 Å².